The van der Waals surface area contributed by atoms with Crippen molar-refractivity contribution in [3.8, 4) is 5.75 Å². The molecule has 1 aromatic rings. The molecule has 2 N–H and O–H groups in total. The second-order valence-electron chi connectivity index (χ2n) is 3.92. The van der Waals surface area contributed by atoms with Gasteiger partial charge in [0.05, 0.1) is 7.11 Å². The fraction of sp³-hybridized carbons (Fsp3) is 0.500. The van der Waals surface area contributed by atoms with Crippen LogP contribution in [0.25, 0.3) is 0 Å². The lowest BCUT2D eigenvalue weighted by Crippen LogP contribution is -2.30. The van der Waals surface area contributed by atoms with Crippen molar-refractivity contribution in [3.05, 3.63) is 29.8 Å². The van der Waals surface area contributed by atoms with Crippen LogP contribution in [0.3, 0.4) is 0 Å². The molecule has 15 heavy (non-hydrogen) atoms. The summed E-state index contributed by atoms with van der Waals surface area (Å²) in [4.78, 5) is 0. The molecule has 1 aliphatic heterocycles. The van der Waals surface area contributed by atoms with E-state index in [4.69, 9.17) is 4.74 Å². The average molecular weight is 206 g/mol. The van der Waals surface area contributed by atoms with Crippen molar-refractivity contribution in [2.24, 2.45) is 0 Å². The monoisotopic (exact) mass is 206 g/mol. The van der Waals surface area contributed by atoms with Gasteiger partial charge in [0, 0.05) is 19.1 Å². The Balaban J connectivity index is 1.82. The molecule has 1 heterocycles. The molecule has 82 valence electrons. The van der Waals surface area contributed by atoms with Crippen molar-refractivity contribution >= 4 is 0 Å². The van der Waals surface area contributed by atoms with Gasteiger partial charge in [0.1, 0.15) is 5.75 Å². The van der Waals surface area contributed by atoms with Gasteiger partial charge < -0.3 is 15.4 Å². The normalized spacial score (nSPS) is 20.5. The van der Waals surface area contributed by atoms with Gasteiger partial charge in [0.25, 0.3) is 0 Å². The van der Waals surface area contributed by atoms with Crippen LogP contribution in [0.15, 0.2) is 24.3 Å². The van der Waals surface area contributed by atoms with Crippen LogP contribution in [0.4, 0.5) is 0 Å². The second kappa shape index (κ2) is 5.14. The maximum absolute atomic E-state index is 5.12. The smallest absolute Gasteiger partial charge is 0.118 e. The predicted molar refractivity (Wildman–Crippen MR) is 61.1 cm³/mol. The van der Waals surface area contributed by atoms with E-state index in [1.807, 2.05) is 12.1 Å². The molecule has 1 aliphatic rings. The van der Waals surface area contributed by atoms with E-state index in [0.717, 1.165) is 25.4 Å². The number of methoxy groups -OCH3 is 1. The van der Waals surface area contributed by atoms with E-state index < -0.39 is 0 Å². The van der Waals surface area contributed by atoms with Crippen LogP contribution in [0, 0.1) is 0 Å². The maximum atomic E-state index is 5.12. The summed E-state index contributed by atoms with van der Waals surface area (Å²) in [6, 6.07) is 8.85. The Labute approximate surface area is 90.8 Å². The zero-order chi connectivity index (χ0) is 10.5. The highest BCUT2D eigenvalue weighted by Gasteiger charge is 2.12. The summed E-state index contributed by atoms with van der Waals surface area (Å²) in [6.45, 7) is 3.17. The van der Waals surface area contributed by atoms with Gasteiger partial charge in [-0.25, -0.2) is 0 Å². The van der Waals surface area contributed by atoms with Gasteiger partial charge in [-0.1, -0.05) is 12.1 Å². The van der Waals surface area contributed by atoms with E-state index in [2.05, 4.69) is 22.8 Å². The maximum Gasteiger partial charge on any atom is 0.118 e. The first-order chi connectivity index (χ1) is 7.38. The summed E-state index contributed by atoms with van der Waals surface area (Å²) < 4.78 is 5.12. The van der Waals surface area contributed by atoms with E-state index in [1.165, 1.54) is 12.0 Å². The van der Waals surface area contributed by atoms with E-state index in [9.17, 15) is 0 Å². The van der Waals surface area contributed by atoms with E-state index in [-0.39, 0.29) is 0 Å². The van der Waals surface area contributed by atoms with Gasteiger partial charge in [-0.2, -0.15) is 0 Å². The van der Waals surface area contributed by atoms with Crippen LogP contribution < -0.4 is 15.4 Å². The highest BCUT2D eigenvalue weighted by Crippen LogP contribution is 2.11. The van der Waals surface area contributed by atoms with Gasteiger partial charge >= 0.3 is 0 Å². The van der Waals surface area contributed by atoms with Gasteiger partial charge in [-0.15, -0.1) is 0 Å². The summed E-state index contributed by atoms with van der Waals surface area (Å²) in [6.07, 6.45) is 1.23. The Bertz CT molecular complexity index is 291. The summed E-state index contributed by atoms with van der Waals surface area (Å²) in [5.41, 5.74) is 1.31. The molecule has 2 rings (SSSR count). The molecule has 0 amide bonds. The molecule has 0 saturated carbocycles. The predicted octanol–water partition coefficient (Wildman–Crippen LogP) is 1.15. The van der Waals surface area contributed by atoms with E-state index >= 15 is 0 Å². The minimum absolute atomic E-state index is 0.632. The van der Waals surface area contributed by atoms with Crippen LogP contribution >= 0.6 is 0 Å². The Morgan fingerprint density at radius 3 is 2.80 bits per heavy atom. The first-order valence-electron chi connectivity index (χ1n) is 5.45. The van der Waals surface area contributed by atoms with Gasteiger partial charge in [0.2, 0.25) is 0 Å². The first kappa shape index (κ1) is 10.5. The Morgan fingerprint density at radius 2 is 2.20 bits per heavy atom. The molecule has 3 heteroatoms. The molecule has 0 unspecified atom stereocenters. The molecule has 0 radical (unpaired) electrons. The molecule has 3 nitrogen and oxygen atoms in total. The minimum atomic E-state index is 0.632. The minimum Gasteiger partial charge on any atom is -0.497 e. The van der Waals surface area contributed by atoms with E-state index in [0.29, 0.717) is 6.04 Å². The highest BCUT2D eigenvalue weighted by atomic mass is 16.5. The van der Waals surface area contributed by atoms with Crippen LogP contribution in [-0.4, -0.2) is 26.2 Å². The number of ether oxygens (including phenoxy) is 1. The molecule has 1 saturated heterocycles. The van der Waals surface area contributed by atoms with Crippen molar-refractivity contribution in [2.75, 3.05) is 20.2 Å². The summed E-state index contributed by atoms with van der Waals surface area (Å²) in [5.74, 6) is 0.918. The average Bonchev–Trinajstić information content (AvgIpc) is 2.80. The quantitative estimate of drug-likeness (QED) is 0.775. The third-order valence-corrected chi connectivity index (χ3v) is 2.81. The second-order valence-corrected chi connectivity index (χ2v) is 3.92. The molecular weight excluding hydrogens is 188 g/mol. The van der Waals surface area contributed by atoms with Crippen LogP contribution in [0.2, 0.25) is 0 Å². The third-order valence-electron chi connectivity index (χ3n) is 2.81. The fourth-order valence-corrected chi connectivity index (χ4v) is 1.83. The zero-order valence-electron chi connectivity index (χ0n) is 9.12. The topological polar surface area (TPSA) is 33.3 Å². The number of benzene rings is 1. The molecule has 1 fully saturated rings. The Morgan fingerprint density at radius 1 is 1.40 bits per heavy atom. The summed E-state index contributed by atoms with van der Waals surface area (Å²) >= 11 is 0. The van der Waals surface area contributed by atoms with Gasteiger partial charge in [-0.05, 0) is 30.7 Å². The lowest BCUT2D eigenvalue weighted by molar-refractivity contribution is 0.414. The van der Waals surface area contributed by atoms with Crippen LogP contribution in [0.1, 0.15) is 12.0 Å². The molecular formula is C12H18N2O. The SMILES string of the molecule is COc1ccc(CN[C@H]2CCNC2)cc1. The number of nitrogens with one attached hydrogen (secondary N) is 2. The zero-order valence-corrected chi connectivity index (χ0v) is 9.12. The van der Waals surface area contributed by atoms with Gasteiger partial charge in [0.15, 0.2) is 0 Å². The largest absolute Gasteiger partial charge is 0.497 e. The molecule has 0 aliphatic carbocycles. The lowest BCUT2D eigenvalue weighted by Gasteiger charge is -2.11. The fourth-order valence-electron chi connectivity index (χ4n) is 1.83. The number of hydrogen-bond acceptors (Lipinski definition) is 3. The lowest BCUT2D eigenvalue weighted by atomic mass is 10.2. The first-order valence-corrected chi connectivity index (χ1v) is 5.45. The van der Waals surface area contributed by atoms with Crippen LogP contribution in [0.5, 0.6) is 5.75 Å². The summed E-state index contributed by atoms with van der Waals surface area (Å²) in [5, 5.41) is 6.88. The van der Waals surface area contributed by atoms with Gasteiger partial charge in [-0.3, -0.25) is 0 Å². The van der Waals surface area contributed by atoms with Crippen molar-refractivity contribution in [1.29, 1.82) is 0 Å². The van der Waals surface area contributed by atoms with Crippen molar-refractivity contribution in [1.82, 2.24) is 10.6 Å². The molecule has 0 bridgehead atoms. The molecule has 0 spiro atoms. The third kappa shape index (κ3) is 2.94. The highest BCUT2D eigenvalue weighted by molar-refractivity contribution is 5.27. The number of hydrogen-bond donors (Lipinski definition) is 2. The number of rotatable bonds is 4. The van der Waals surface area contributed by atoms with Crippen molar-refractivity contribution in [3.63, 3.8) is 0 Å². The summed E-state index contributed by atoms with van der Waals surface area (Å²) in [7, 11) is 1.69. The molecule has 1 aromatic carbocycles. The molecule has 1 atom stereocenters. The van der Waals surface area contributed by atoms with Crippen LogP contribution in [-0.2, 0) is 6.54 Å². The van der Waals surface area contributed by atoms with Crippen molar-refractivity contribution in [2.45, 2.75) is 19.0 Å². The van der Waals surface area contributed by atoms with E-state index in [1.54, 1.807) is 7.11 Å². The van der Waals surface area contributed by atoms with Crippen molar-refractivity contribution < 1.29 is 4.74 Å². The Hall–Kier alpha value is -1.06. The molecule has 0 aromatic heterocycles. The standard InChI is InChI=1S/C12H18N2O/c1-15-12-4-2-10(3-5-12)8-14-11-6-7-13-9-11/h2-5,11,13-14H,6-9H2,1H3/t11-/m0/s1. The Kier molecular flexibility index (Phi) is 3.59.